The van der Waals surface area contributed by atoms with Gasteiger partial charge in [-0.1, -0.05) is 11.6 Å². The molecule has 1 aromatic carbocycles. The zero-order valence-electron chi connectivity index (χ0n) is 18.0. The number of H-pyrrole nitrogens is 1. The van der Waals surface area contributed by atoms with Crippen LogP contribution < -0.4 is 5.32 Å². The van der Waals surface area contributed by atoms with Gasteiger partial charge in [-0.2, -0.15) is 5.10 Å². The van der Waals surface area contributed by atoms with E-state index in [1.54, 1.807) is 29.7 Å². The quantitative estimate of drug-likeness (QED) is 0.649. The van der Waals surface area contributed by atoms with Gasteiger partial charge in [0.05, 0.1) is 18.3 Å². The van der Waals surface area contributed by atoms with E-state index in [9.17, 15) is 9.59 Å². The first-order chi connectivity index (χ1) is 14.8. The van der Waals surface area contributed by atoms with Crippen LogP contribution in [-0.2, 0) is 13.6 Å². The third kappa shape index (κ3) is 4.54. The highest BCUT2D eigenvalue weighted by Crippen LogP contribution is 2.21. The minimum absolute atomic E-state index is 0.0338. The number of nitrogens with zero attached hydrogens (tertiary/aromatic N) is 4. The first-order valence-electron chi connectivity index (χ1n) is 10.4. The van der Waals surface area contributed by atoms with Crippen LogP contribution in [-0.4, -0.2) is 62.7 Å². The number of carbonyl (C=O) groups is 2. The standard InChI is InChI=1S/C22H27ClN6O2/c1-14-9-20(28(3)26-14)21(30)29-8-4-5-18(13-29)27(2)22(31)24-12-17-11-15-10-16(23)6-7-19(15)25-17/h6-7,9-11,18,25H,4-5,8,12-13H2,1-3H3,(H,24,31)/t18-/m1/s1. The Labute approximate surface area is 186 Å². The largest absolute Gasteiger partial charge is 0.357 e. The molecule has 0 unspecified atom stereocenters. The van der Waals surface area contributed by atoms with E-state index in [2.05, 4.69) is 15.4 Å². The van der Waals surface area contributed by atoms with Gasteiger partial charge < -0.3 is 20.1 Å². The lowest BCUT2D eigenvalue weighted by Gasteiger charge is -2.37. The SMILES string of the molecule is Cc1cc(C(=O)N2CCC[C@@H](N(C)C(=O)NCc3cc4cc(Cl)ccc4[nH]3)C2)n(C)n1. The van der Waals surface area contributed by atoms with Crippen LogP contribution in [0.25, 0.3) is 10.9 Å². The molecule has 1 aliphatic rings. The number of benzene rings is 1. The van der Waals surface area contributed by atoms with Gasteiger partial charge in [0.15, 0.2) is 0 Å². The number of piperidine rings is 1. The van der Waals surface area contributed by atoms with Crippen molar-refractivity contribution in [2.24, 2.45) is 7.05 Å². The molecule has 0 spiro atoms. The fourth-order valence-electron chi connectivity index (χ4n) is 4.15. The van der Waals surface area contributed by atoms with Gasteiger partial charge in [-0.05, 0) is 50.1 Å². The van der Waals surface area contributed by atoms with Crippen molar-refractivity contribution < 1.29 is 9.59 Å². The van der Waals surface area contributed by atoms with Crippen LogP contribution in [0.1, 0.15) is 34.7 Å². The maximum atomic E-state index is 12.9. The number of halogens is 1. The number of rotatable bonds is 4. The molecule has 3 heterocycles. The zero-order valence-corrected chi connectivity index (χ0v) is 18.7. The summed E-state index contributed by atoms with van der Waals surface area (Å²) in [5.41, 5.74) is 3.28. The number of nitrogens with one attached hydrogen (secondary N) is 2. The number of hydrogen-bond donors (Lipinski definition) is 2. The summed E-state index contributed by atoms with van der Waals surface area (Å²) in [6.07, 6.45) is 1.72. The van der Waals surface area contributed by atoms with Crippen LogP contribution in [0, 0.1) is 6.92 Å². The van der Waals surface area contributed by atoms with Gasteiger partial charge in [0.2, 0.25) is 0 Å². The second-order valence-corrected chi connectivity index (χ2v) is 8.57. The molecule has 3 aromatic rings. The molecular weight excluding hydrogens is 416 g/mol. The Morgan fingerprint density at radius 2 is 2.13 bits per heavy atom. The van der Waals surface area contributed by atoms with Gasteiger partial charge in [-0.15, -0.1) is 0 Å². The maximum Gasteiger partial charge on any atom is 0.317 e. The highest BCUT2D eigenvalue weighted by Gasteiger charge is 2.30. The van der Waals surface area contributed by atoms with Crippen molar-refractivity contribution in [2.45, 2.75) is 32.4 Å². The molecule has 0 bridgehead atoms. The molecule has 31 heavy (non-hydrogen) atoms. The van der Waals surface area contributed by atoms with Crippen LogP contribution in [0.4, 0.5) is 4.79 Å². The predicted octanol–water partition coefficient (Wildman–Crippen LogP) is 3.31. The molecule has 1 saturated heterocycles. The van der Waals surface area contributed by atoms with Gasteiger partial charge in [0.25, 0.3) is 5.91 Å². The number of amides is 3. The van der Waals surface area contributed by atoms with Crippen molar-refractivity contribution in [3.8, 4) is 0 Å². The second-order valence-electron chi connectivity index (χ2n) is 8.14. The van der Waals surface area contributed by atoms with Crippen molar-refractivity contribution in [3.05, 3.63) is 52.4 Å². The van der Waals surface area contributed by atoms with Crippen molar-refractivity contribution in [1.29, 1.82) is 0 Å². The van der Waals surface area contributed by atoms with E-state index in [0.717, 1.165) is 35.1 Å². The highest BCUT2D eigenvalue weighted by molar-refractivity contribution is 6.31. The minimum atomic E-state index is -0.160. The first kappa shape index (κ1) is 21.2. The Morgan fingerprint density at radius 1 is 1.32 bits per heavy atom. The van der Waals surface area contributed by atoms with Gasteiger partial charge in [0.1, 0.15) is 5.69 Å². The fourth-order valence-corrected chi connectivity index (χ4v) is 4.33. The fraction of sp³-hybridized carbons (Fsp3) is 0.409. The summed E-state index contributed by atoms with van der Waals surface area (Å²) in [7, 11) is 3.56. The third-order valence-corrected chi connectivity index (χ3v) is 6.08. The molecule has 0 aliphatic carbocycles. The molecule has 2 N–H and O–H groups in total. The third-order valence-electron chi connectivity index (χ3n) is 5.84. The van der Waals surface area contributed by atoms with E-state index in [1.807, 2.05) is 36.1 Å². The Kier molecular flexibility index (Phi) is 5.91. The normalized spacial score (nSPS) is 16.5. The molecule has 0 saturated carbocycles. The van der Waals surface area contributed by atoms with Crippen molar-refractivity contribution >= 4 is 34.4 Å². The topological polar surface area (TPSA) is 86.3 Å². The molecule has 164 valence electrons. The van der Waals surface area contributed by atoms with Gasteiger partial charge in [-0.25, -0.2) is 4.79 Å². The summed E-state index contributed by atoms with van der Waals surface area (Å²) < 4.78 is 1.62. The average molecular weight is 443 g/mol. The van der Waals surface area contributed by atoms with Crippen LogP contribution >= 0.6 is 11.6 Å². The second kappa shape index (κ2) is 8.63. The molecule has 4 rings (SSSR count). The van der Waals surface area contributed by atoms with Gasteiger partial charge >= 0.3 is 6.03 Å². The number of fused-ring (bicyclic) bond motifs is 1. The number of likely N-dealkylation sites (tertiary alicyclic amines) is 1. The zero-order chi connectivity index (χ0) is 22.1. The lowest BCUT2D eigenvalue weighted by Crippen LogP contribution is -2.52. The molecule has 3 amide bonds. The Morgan fingerprint density at radius 3 is 2.87 bits per heavy atom. The molecule has 8 nitrogen and oxygen atoms in total. The molecule has 0 radical (unpaired) electrons. The van der Waals surface area contributed by atoms with E-state index in [-0.39, 0.29) is 18.0 Å². The number of likely N-dealkylation sites (N-methyl/N-ethyl adjacent to an activating group) is 1. The molecule has 1 aliphatic heterocycles. The lowest BCUT2D eigenvalue weighted by molar-refractivity contribution is 0.0625. The van der Waals surface area contributed by atoms with Crippen LogP contribution in [0.5, 0.6) is 0 Å². The van der Waals surface area contributed by atoms with E-state index in [4.69, 9.17) is 11.6 Å². The number of urea groups is 1. The Hall–Kier alpha value is -3.00. The number of carbonyl (C=O) groups excluding carboxylic acids is 2. The van der Waals surface area contributed by atoms with E-state index >= 15 is 0 Å². The van der Waals surface area contributed by atoms with Crippen LogP contribution in [0.3, 0.4) is 0 Å². The molecule has 1 atom stereocenters. The highest BCUT2D eigenvalue weighted by atomic mass is 35.5. The number of hydrogen-bond acceptors (Lipinski definition) is 3. The van der Waals surface area contributed by atoms with Crippen LogP contribution in [0.2, 0.25) is 5.02 Å². The van der Waals surface area contributed by atoms with Crippen LogP contribution in [0.15, 0.2) is 30.3 Å². The number of aromatic nitrogens is 3. The Bertz CT molecular complexity index is 1120. The van der Waals surface area contributed by atoms with E-state index in [0.29, 0.717) is 30.4 Å². The monoisotopic (exact) mass is 442 g/mol. The molecular formula is C22H27ClN6O2. The molecule has 1 fully saturated rings. The van der Waals surface area contributed by atoms with Gasteiger partial charge in [0, 0.05) is 48.8 Å². The summed E-state index contributed by atoms with van der Waals surface area (Å²) in [5.74, 6) is -0.0432. The molecule has 9 heteroatoms. The average Bonchev–Trinajstić information content (AvgIpc) is 3.32. The van der Waals surface area contributed by atoms with Crippen molar-refractivity contribution in [1.82, 2.24) is 29.9 Å². The lowest BCUT2D eigenvalue weighted by atomic mass is 10.0. The minimum Gasteiger partial charge on any atom is -0.357 e. The summed E-state index contributed by atoms with van der Waals surface area (Å²) in [6.45, 7) is 3.46. The summed E-state index contributed by atoms with van der Waals surface area (Å²) >= 11 is 6.04. The summed E-state index contributed by atoms with van der Waals surface area (Å²) in [5, 5.41) is 8.92. The smallest absolute Gasteiger partial charge is 0.317 e. The predicted molar refractivity (Wildman–Crippen MR) is 120 cm³/mol. The number of aromatic amines is 1. The van der Waals surface area contributed by atoms with Crippen molar-refractivity contribution in [3.63, 3.8) is 0 Å². The molecule has 2 aromatic heterocycles. The maximum absolute atomic E-state index is 12.9. The first-order valence-corrected chi connectivity index (χ1v) is 10.8. The Balaban J connectivity index is 1.36. The number of aryl methyl sites for hydroxylation is 2. The summed E-state index contributed by atoms with van der Waals surface area (Å²) in [4.78, 5) is 32.5. The van der Waals surface area contributed by atoms with E-state index < -0.39 is 0 Å². The van der Waals surface area contributed by atoms with Gasteiger partial charge in [-0.3, -0.25) is 9.48 Å². The summed E-state index contributed by atoms with van der Waals surface area (Å²) in [6, 6.07) is 9.24. The van der Waals surface area contributed by atoms with Crippen molar-refractivity contribution in [2.75, 3.05) is 20.1 Å². The van der Waals surface area contributed by atoms with E-state index in [1.165, 1.54) is 0 Å².